The third-order valence-electron chi connectivity index (χ3n) is 1.35. The van der Waals surface area contributed by atoms with E-state index in [1.165, 1.54) is 0 Å². The number of nitrogens with two attached hydrogens (primary N) is 1. The van der Waals surface area contributed by atoms with Gasteiger partial charge in [-0.05, 0) is 18.6 Å². The molecule has 0 heterocycles. The molecule has 11 heavy (non-hydrogen) atoms. The molecule has 0 aliphatic rings. The van der Waals surface area contributed by atoms with Gasteiger partial charge in [-0.15, -0.1) is 0 Å². The van der Waals surface area contributed by atoms with E-state index in [-0.39, 0.29) is 0 Å². The van der Waals surface area contributed by atoms with E-state index in [9.17, 15) is 0 Å². The summed E-state index contributed by atoms with van der Waals surface area (Å²) < 4.78 is 5.30. The molecular formula is C9H12NO. The van der Waals surface area contributed by atoms with Crippen LogP contribution in [-0.4, -0.2) is 13.2 Å². The zero-order chi connectivity index (χ0) is 8.10. The van der Waals surface area contributed by atoms with Crippen molar-refractivity contribution < 1.29 is 4.74 Å². The smallest absolute Gasteiger partial charge is 0.122 e. The van der Waals surface area contributed by atoms with Crippen molar-refractivity contribution in [3.05, 3.63) is 36.8 Å². The predicted octanol–water partition coefficient (Wildman–Crippen LogP) is 1.21. The van der Waals surface area contributed by atoms with Gasteiger partial charge in [0, 0.05) is 6.54 Å². The molecule has 0 spiro atoms. The molecule has 1 rings (SSSR count). The van der Waals surface area contributed by atoms with Crippen LogP contribution in [0.25, 0.3) is 0 Å². The molecule has 2 heteroatoms. The van der Waals surface area contributed by atoms with E-state index in [0.29, 0.717) is 13.2 Å². The maximum Gasteiger partial charge on any atom is 0.122 e. The molecule has 0 amide bonds. The topological polar surface area (TPSA) is 35.2 Å². The van der Waals surface area contributed by atoms with Gasteiger partial charge in [0.1, 0.15) is 12.4 Å². The van der Waals surface area contributed by atoms with Gasteiger partial charge in [0.2, 0.25) is 0 Å². The molecule has 59 valence electrons. The fourth-order valence-electron chi connectivity index (χ4n) is 0.814. The molecule has 1 radical (unpaired) electrons. The average Bonchev–Trinajstić information content (AvgIpc) is 2.03. The van der Waals surface area contributed by atoms with E-state index in [2.05, 4.69) is 6.92 Å². The largest absolute Gasteiger partial charge is 0.492 e. The Morgan fingerprint density at radius 3 is 2.73 bits per heavy atom. The molecule has 2 nitrogen and oxygen atoms in total. The maximum atomic E-state index is 5.30. The second kappa shape index (κ2) is 3.98. The van der Waals surface area contributed by atoms with Crippen LogP contribution < -0.4 is 10.5 Å². The molecule has 0 aliphatic carbocycles. The molecule has 0 aromatic heterocycles. The highest BCUT2D eigenvalue weighted by Gasteiger charge is 1.94. The third-order valence-corrected chi connectivity index (χ3v) is 1.35. The second-order valence-corrected chi connectivity index (χ2v) is 2.24. The number of hydrogen-bond donors (Lipinski definition) is 1. The molecule has 1 aromatic rings. The van der Waals surface area contributed by atoms with Crippen LogP contribution in [0, 0.1) is 6.92 Å². The van der Waals surface area contributed by atoms with E-state index in [1.807, 2.05) is 24.3 Å². The fraction of sp³-hybridized carbons (Fsp3) is 0.222. The summed E-state index contributed by atoms with van der Waals surface area (Å²) >= 11 is 0. The van der Waals surface area contributed by atoms with Crippen LogP contribution in [0.4, 0.5) is 0 Å². The summed E-state index contributed by atoms with van der Waals surface area (Å²) in [6.07, 6.45) is 0. The van der Waals surface area contributed by atoms with E-state index >= 15 is 0 Å². The van der Waals surface area contributed by atoms with Gasteiger partial charge in [-0.3, -0.25) is 0 Å². The molecule has 0 bridgehead atoms. The zero-order valence-electron chi connectivity index (χ0n) is 6.42. The lowest BCUT2D eigenvalue weighted by Gasteiger charge is -2.06. The predicted molar refractivity (Wildman–Crippen MR) is 45.5 cm³/mol. The minimum Gasteiger partial charge on any atom is -0.492 e. The molecule has 0 saturated heterocycles. The summed E-state index contributed by atoms with van der Waals surface area (Å²) in [5.74, 6) is 0.818. The minimum absolute atomic E-state index is 0.536. The van der Waals surface area contributed by atoms with Crippen LogP contribution in [0.5, 0.6) is 5.75 Å². The summed E-state index contributed by atoms with van der Waals surface area (Å²) in [7, 11) is 0. The van der Waals surface area contributed by atoms with Gasteiger partial charge in [0.05, 0.1) is 0 Å². The zero-order valence-corrected chi connectivity index (χ0v) is 6.42. The van der Waals surface area contributed by atoms with Gasteiger partial charge in [-0.25, -0.2) is 0 Å². The van der Waals surface area contributed by atoms with Crippen molar-refractivity contribution in [1.29, 1.82) is 0 Å². The normalized spacial score (nSPS) is 9.64. The first-order valence-electron chi connectivity index (χ1n) is 3.58. The van der Waals surface area contributed by atoms with Crippen molar-refractivity contribution in [3.63, 3.8) is 0 Å². The van der Waals surface area contributed by atoms with Crippen LogP contribution in [0.15, 0.2) is 24.3 Å². The summed E-state index contributed by atoms with van der Waals surface area (Å²) in [6.45, 7) is 4.89. The van der Waals surface area contributed by atoms with Gasteiger partial charge < -0.3 is 10.5 Å². The van der Waals surface area contributed by atoms with Crippen LogP contribution >= 0.6 is 0 Å². The number of ether oxygens (including phenoxy) is 1. The van der Waals surface area contributed by atoms with Crippen LogP contribution in [0.2, 0.25) is 0 Å². The van der Waals surface area contributed by atoms with Gasteiger partial charge >= 0.3 is 0 Å². The number of hydrogen-bond acceptors (Lipinski definition) is 2. The Morgan fingerprint density at radius 1 is 1.36 bits per heavy atom. The first-order valence-corrected chi connectivity index (χ1v) is 3.58. The lowest BCUT2D eigenvalue weighted by Crippen LogP contribution is -2.10. The lowest BCUT2D eigenvalue weighted by molar-refractivity contribution is 0.327. The second-order valence-electron chi connectivity index (χ2n) is 2.24. The van der Waals surface area contributed by atoms with Crippen molar-refractivity contribution in [1.82, 2.24) is 0 Å². The van der Waals surface area contributed by atoms with Crippen molar-refractivity contribution in [2.24, 2.45) is 5.73 Å². The molecule has 0 atom stereocenters. The van der Waals surface area contributed by atoms with Crippen molar-refractivity contribution in [2.45, 2.75) is 0 Å². The van der Waals surface area contributed by atoms with Crippen LogP contribution in [0.1, 0.15) is 5.56 Å². The number of rotatable bonds is 3. The molecule has 0 saturated carbocycles. The molecule has 2 N–H and O–H groups in total. The Balaban J connectivity index is 2.62. The first-order chi connectivity index (χ1) is 5.34. The van der Waals surface area contributed by atoms with Gasteiger partial charge in [0.15, 0.2) is 0 Å². The summed E-state index contributed by atoms with van der Waals surface area (Å²) in [5, 5.41) is 0. The SMILES string of the molecule is [CH2]c1ccccc1OCCN. The summed E-state index contributed by atoms with van der Waals surface area (Å²) in [5.41, 5.74) is 6.18. The number of benzene rings is 1. The van der Waals surface area contributed by atoms with Crippen molar-refractivity contribution >= 4 is 0 Å². The molecular weight excluding hydrogens is 138 g/mol. The quantitative estimate of drug-likeness (QED) is 0.702. The van der Waals surface area contributed by atoms with E-state index in [4.69, 9.17) is 10.5 Å². The maximum absolute atomic E-state index is 5.30. The van der Waals surface area contributed by atoms with Crippen LogP contribution in [0.3, 0.4) is 0 Å². The van der Waals surface area contributed by atoms with Crippen LogP contribution in [-0.2, 0) is 0 Å². The highest BCUT2D eigenvalue weighted by Crippen LogP contribution is 2.15. The minimum atomic E-state index is 0.536. The summed E-state index contributed by atoms with van der Waals surface area (Å²) in [4.78, 5) is 0. The Labute approximate surface area is 67.0 Å². The van der Waals surface area contributed by atoms with Gasteiger partial charge in [-0.1, -0.05) is 18.2 Å². The van der Waals surface area contributed by atoms with Gasteiger partial charge in [0.25, 0.3) is 0 Å². The lowest BCUT2D eigenvalue weighted by atomic mass is 10.2. The van der Waals surface area contributed by atoms with Crippen molar-refractivity contribution in [2.75, 3.05) is 13.2 Å². The Bertz CT molecular complexity index is 223. The summed E-state index contributed by atoms with van der Waals surface area (Å²) in [6, 6.07) is 7.64. The van der Waals surface area contributed by atoms with E-state index in [0.717, 1.165) is 11.3 Å². The highest BCUT2D eigenvalue weighted by molar-refractivity contribution is 5.35. The molecule has 0 aliphatic heterocycles. The molecule has 0 unspecified atom stereocenters. The molecule has 0 fully saturated rings. The monoisotopic (exact) mass is 150 g/mol. The van der Waals surface area contributed by atoms with E-state index < -0.39 is 0 Å². The van der Waals surface area contributed by atoms with Gasteiger partial charge in [-0.2, -0.15) is 0 Å². The number of para-hydroxylation sites is 1. The van der Waals surface area contributed by atoms with E-state index in [1.54, 1.807) is 0 Å². The average molecular weight is 150 g/mol. The van der Waals surface area contributed by atoms with Crippen molar-refractivity contribution in [3.8, 4) is 5.75 Å². The molecule has 1 aromatic carbocycles. The fourth-order valence-corrected chi connectivity index (χ4v) is 0.814. The first kappa shape index (κ1) is 8.08. The Hall–Kier alpha value is -1.02. The Kier molecular flexibility index (Phi) is 2.93. The third kappa shape index (κ3) is 2.24. The Morgan fingerprint density at radius 2 is 2.09 bits per heavy atom. The highest BCUT2D eigenvalue weighted by atomic mass is 16.5. The standard InChI is InChI=1S/C9H12NO/c1-8-4-2-3-5-9(8)11-7-6-10/h2-5H,1,6-7,10H2.